The molecule has 0 aliphatic rings. The molecule has 0 atom stereocenters. The monoisotopic (exact) mass is 171 g/mol. The van der Waals surface area contributed by atoms with Crippen molar-refractivity contribution >= 4 is 21.7 Å². The smallest absolute Gasteiger partial charge is 0.0945 e. The molecule has 0 radical (unpaired) electrons. The van der Waals surface area contributed by atoms with Gasteiger partial charge >= 0.3 is 0 Å². The van der Waals surface area contributed by atoms with Crippen molar-refractivity contribution < 1.29 is 13.0 Å². The molecule has 5 heteroatoms. The van der Waals surface area contributed by atoms with Gasteiger partial charge in [0, 0.05) is 11.6 Å². The molecule has 0 unspecified atom stereocenters. The van der Waals surface area contributed by atoms with Crippen molar-refractivity contribution in [2.45, 2.75) is 12.8 Å². The molecular weight excluding hydrogens is 164 g/mol. The van der Waals surface area contributed by atoms with Gasteiger partial charge in [-0.2, -0.15) is 0 Å². The summed E-state index contributed by atoms with van der Waals surface area (Å²) >= 11 is 5.23. The van der Waals surface area contributed by atoms with Crippen LogP contribution in [0.3, 0.4) is 0 Å². The molecule has 3 nitrogen and oxygen atoms in total. The van der Waals surface area contributed by atoms with Gasteiger partial charge in [-0.3, -0.25) is 0 Å². The lowest BCUT2D eigenvalue weighted by Gasteiger charge is -2.03. The van der Waals surface area contributed by atoms with Crippen LogP contribution in [0.15, 0.2) is 0 Å². The topological polar surface area (TPSA) is 57.2 Å². The van der Waals surface area contributed by atoms with Crippen molar-refractivity contribution in [3.05, 3.63) is 0 Å². The Hall–Kier alpha value is 0.200. The molecular formula is C4H8ClO3S-. The summed E-state index contributed by atoms with van der Waals surface area (Å²) in [5.74, 6) is 0.120. The summed E-state index contributed by atoms with van der Waals surface area (Å²) in [6.45, 7) is 0. The van der Waals surface area contributed by atoms with Gasteiger partial charge in [-0.05, 0) is 12.8 Å². The molecule has 0 bridgehead atoms. The van der Waals surface area contributed by atoms with Crippen molar-refractivity contribution in [3.8, 4) is 0 Å². The second kappa shape index (κ2) is 4.09. The van der Waals surface area contributed by atoms with Gasteiger partial charge in [-0.1, -0.05) is 0 Å². The van der Waals surface area contributed by atoms with E-state index in [0.29, 0.717) is 18.7 Å². The highest BCUT2D eigenvalue weighted by Crippen LogP contribution is 1.94. The van der Waals surface area contributed by atoms with Crippen molar-refractivity contribution in [1.82, 2.24) is 0 Å². The molecule has 0 aromatic carbocycles. The Kier molecular flexibility index (Phi) is 4.18. The summed E-state index contributed by atoms with van der Waals surface area (Å²) in [6.07, 6.45) is 0.957. The molecule has 0 N–H and O–H groups in total. The number of halogens is 1. The molecule has 0 fully saturated rings. The van der Waals surface area contributed by atoms with Gasteiger partial charge in [-0.15, -0.1) is 11.6 Å². The fraction of sp³-hybridized carbons (Fsp3) is 1.00. The first kappa shape index (κ1) is 9.20. The number of alkyl halides is 1. The summed E-state index contributed by atoms with van der Waals surface area (Å²) < 4.78 is 29.7. The first-order valence-corrected chi connectivity index (χ1v) is 4.67. The number of hydrogen-bond acceptors (Lipinski definition) is 3. The Morgan fingerprint density at radius 3 is 2.22 bits per heavy atom. The number of rotatable bonds is 4. The Morgan fingerprint density at radius 1 is 1.33 bits per heavy atom. The van der Waals surface area contributed by atoms with E-state index in [1.54, 1.807) is 0 Å². The van der Waals surface area contributed by atoms with E-state index in [0.717, 1.165) is 0 Å². The first-order valence-electron chi connectivity index (χ1n) is 2.56. The van der Waals surface area contributed by atoms with Gasteiger partial charge in [0.15, 0.2) is 0 Å². The Labute approximate surface area is 59.8 Å². The van der Waals surface area contributed by atoms with Crippen molar-refractivity contribution in [1.29, 1.82) is 0 Å². The second-order valence-corrected chi connectivity index (χ2v) is 3.56. The second-order valence-electron chi connectivity index (χ2n) is 1.66. The Balaban J connectivity index is 3.30. The van der Waals surface area contributed by atoms with Crippen LogP contribution in [-0.2, 0) is 10.1 Å². The standard InChI is InChI=1S/C4H9ClO3S/c5-3-1-2-4-9(6,7)8/h1-4H2,(H,6,7,8)/p-1. The largest absolute Gasteiger partial charge is 0.748 e. The first-order chi connectivity index (χ1) is 4.06. The quantitative estimate of drug-likeness (QED) is 0.353. The van der Waals surface area contributed by atoms with Crippen LogP contribution >= 0.6 is 11.6 Å². The van der Waals surface area contributed by atoms with E-state index in [9.17, 15) is 13.0 Å². The van der Waals surface area contributed by atoms with Gasteiger partial charge in [-0.25, -0.2) is 8.42 Å². The van der Waals surface area contributed by atoms with Gasteiger partial charge in [0.2, 0.25) is 0 Å². The van der Waals surface area contributed by atoms with Crippen molar-refractivity contribution in [3.63, 3.8) is 0 Å². The molecule has 0 heterocycles. The molecule has 0 spiro atoms. The highest BCUT2D eigenvalue weighted by molar-refractivity contribution is 7.85. The number of unbranched alkanes of at least 4 members (excludes halogenated alkanes) is 1. The summed E-state index contributed by atoms with van der Waals surface area (Å²) in [5.41, 5.74) is 0. The minimum atomic E-state index is -4.01. The van der Waals surface area contributed by atoms with Gasteiger partial charge < -0.3 is 4.55 Å². The zero-order valence-electron chi connectivity index (χ0n) is 4.84. The van der Waals surface area contributed by atoms with Crippen LogP contribution < -0.4 is 0 Å². The zero-order valence-corrected chi connectivity index (χ0v) is 6.41. The van der Waals surface area contributed by atoms with E-state index in [1.165, 1.54) is 0 Å². The van der Waals surface area contributed by atoms with E-state index in [2.05, 4.69) is 0 Å². The third-order valence-corrected chi connectivity index (χ3v) is 1.83. The maximum absolute atomic E-state index is 9.91. The zero-order chi connectivity index (χ0) is 7.33. The van der Waals surface area contributed by atoms with E-state index in [4.69, 9.17) is 11.6 Å². The fourth-order valence-corrected chi connectivity index (χ4v) is 1.12. The lowest BCUT2D eigenvalue weighted by atomic mass is 10.4. The van der Waals surface area contributed by atoms with Gasteiger partial charge in [0.25, 0.3) is 0 Å². The molecule has 0 rings (SSSR count). The predicted octanol–water partition coefficient (Wildman–Crippen LogP) is 0.551. The summed E-state index contributed by atoms with van der Waals surface area (Å²) in [5, 5.41) is 0. The molecule has 0 saturated carbocycles. The predicted molar refractivity (Wildman–Crippen MR) is 34.5 cm³/mol. The van der Waals surface area contributed by atoms with Crippen LogP contribution in [0.25, 0.3) is 0 Å². The number of hydrogen-bond donors (Lipinski definition) is 0. The van der Waals surface area contributed by atoms with Crippen LogP contribution in [0.1, 0.15) is 12.8 Å². The lowest BCUT2D eigenvalue weighted by molar-refractivity contribution is 0.461. The molecule has 9 heavy (non-hydrogen) atoms. The molecule has 0 aliphatic carbocycles. The van der Waals surface area contributed by atoms with Crippen LogP contribution in [-0.4, -0.2) is 24.6 Å². The molecule has 0 saturated heterocycles. The minimum absolute atomic E-state index is 0.292. The van der Waals surface area contributed by atoms with Crippen LogP contribution in [0.5, 0.6) is 0 Å². The third kappa shape index (κ3) is 8.20. The lowest BCUT2D eigenvalue weighted by Crippen LogP contribution is -2.03. The molecule has 0 aromatic rings. The van der Waals surface area contributed by atoms with Crippen molar-refractivity contribution in [2.24, 2.45) is 0 Å². The van der Waals surface area contributed by atoms with Crippen LogP contribution in [0.2, 0.25) is 0 Å². The summed E-state index contributed by atoms with van der Waals surface area (Å²) in [7, 11) is -4.01. The van der Waals surface area contributed by atoms with Gasteiger partial charge in [0.05, 0.1) is 10.1 Å². The highest BCUT2D eigenvalue weighted by atomic mass is 35.5. The van der Waals surface area contributed by atoms with Gasteiger partial charge in [0.1, 0.15) is 0 Å². The molecule has 0 amide bonds. The maximum atomic E-state index is 9.91. The van der Waals surface area contributed by atoms with Crippen LogP contribution in [0, 0.1) is 0 Å². The Bertz CT molecular complexity index is 151. The minimum Gasteiger partial charge on any atom is -0.748 e. The molecule has 0 aliphatic heterocycles. The van der Waals surface area contributed by atoms with E-state index < -0.39 is 10.1 Å². The SMILES string of the molecule is O=S(=O)([O-])CCCCCl. The summed E-state index contributed by atoms with van der Waals surface area (Å²) in [6, 6.07) is 0. The normalized spacial score (nSPS) is 11.8. The average molecular weight is 172 g/mol. The van der Waals surface area contributed by atoms with E-state index in [-0.39, 0.29) is 5.75 Å². The molecule has 56 valence electrons. The third-order valence-electron chi connectivity index (χ3n) is 0.778. The average Bonchev–Trinajstić information content (AvgIpc) is 1.63. The fourth-order valence-electron chi connectivity index (χ4n) is 0.373. The van der Waals surface area contributed by atoms with E-state index >= 15 is 0 Å². The van der Waals surface area contributed by atoms with Crippen LogP contribution in [0.4, 0.5) is 0 Å². The summed E-state index contributed by atoms with van der Waals surface area (Å²) in [4.78, 5) is 0. The highest BCUT2D eigenvalue weighted by Gasteiger charge is 1.92. The maximum Gasteiger partial charge on any atom is 0.0945 e. The Morgan fingerprint density at radius 2 is 1.89 bits per heavy atom. The molecule has 0 aromatic heterocycles. The van der Waals surface area contributed by atoms with Crippen molar-refractivity contribution in [2.75, 3.05) is 11.6 Å². The van der Waals surface area contributed by atoms with E-state index in [1.807, 2.05) is 0 Å².